The Hall–Kier alpha value is -2.00. The third-order valence-electron chi connectivity index (χ3n) is 4.08. The number of aromatic nitrogens is 4. The van der Waals surface area contributed by atoms with Gasteiger partial charge in [0.1, 0.15) is 5.52 Å². The van der Waals surface area contributed by atoms with Crippen molar-refractivity contribution in [1.82, 2.24) is 24.4 Å². The molecule has 8 nitrogen and oxygen atoms in total. The number of H-pyrrole nitrogens is 1. The van der Waals surface area contributed by atoms with Gasteiger partial charge in [0.15, 0.2) is 11.5 Å². The topological polar surface area (TPSA) is 104 Å². The average molecular weight is 398 g/mol. The summed E-state index contributed by atoms with van der Waals surface area (Å²) >= 11 is 12.3. The highest BCUT2D eigenvalue weighted by Gasteiger charge is 2.20. The Labute approximate surface area is 158 Å². The van der Waals surface area contributed by atoms with Crippen molar-refractivity contribution < 1.29 is 5.11 Å². The van der Waals surface area contributed by atoms with Gasteiger partial charge < -0.3 is 14.6 Å². The molecule has 0 atom stereocenters. The summed E-state index contributed by atoms with van der Waals surface area (Å²) in [4.78, 5) is 36.2. The highest BCUT2D eigenvalue weighted by molar-refractivity contribution is 6.44. The van der Waals surface area contributed by atoms with Crippen LogP contribution in [0.2, 0.25) is 10.0 Å². The number of nitrogens with zero attached hydrogens (tertiary/aromatic N) is 4. The molecule has 0 saturated carbocycles. The average Bonchev–Trinajstić information content (AvgIpc) is 2.59. The van der Waals surface area contributed by atoms with E-state index in [2.05, 4.69) is 15.0 Å². The first-order valence-corrected chi connectivity index (χ1v) is 8.76. The van der Waals surface area contributed by atoms with Gasteiger partial charge in [-0.25, -0.2) is 9.78 Å². The van der Waals surface area contributed by atoms with Gasteiger partial charge in [-0.3, -0.25) is 9.78 Å². The van der Waals surface area contributed by atoms with E-state index in [1.54, 1.807) is 16.7 Å². The summed E-state index contributed by atoms with van der Waals surface area (Å²) in [5.74, 6) is 0.203. The molecule has 2 heterocycles. The second-order valence-corrected chi connectivity index (χ2v) is 6.70. The number of aromatic amines is 1. The molecule has 2 aliphatic heterocycles. The molecule has 0 aliphatic carbocycles. The number of benzene rings is 1. The lowest BCUT2D eigenvalue weighted by Crippen LogP contribution is -2.29. The smallest absolute Gasteiger partial charge is 0.349 e. The van der Waals surface area contributed by atoms with Crippen molar-refractivity contribution in [2.75, 3.05) is 26.7 Å². The van der Waals surface area contributed by atoms with E-state index in [-0.39, 0.29) is 23.1 Å². The van der Waals surface area contributed by atoms with Crippen molar-refractivity contribution in [2.45, 2.75) is 13.0 Å². The number of aryl methyl sites for hydroxylation is 1. The second kappa shape index (κ2) is 7.71. The summed E-state index contributed by atoms with van der Waals surface area (Å²) < 4.78 is 1.75. The van der Waals surface area contributed by atoms with Crippen LogP contribution < -0.4 is 11.2 Å². The largest absolute Gasteiger partial charge is 0.395 e. The fraction of sp³-hybridized carbons (Fsp3) is 0.375. The Morgan fingerprint density at radius 3 is 2.73 bits per heavy atom. The van der Waals surface area contributed by atoms with Gasteiger partial charge in [0, 0.05) is 13.1 Å². The van der Waals surface area contributed by atoms with Crippen LogP contribution in [0.4, 0.5) is 0 Å². The maximum atomic E-state index is 12.2. The lowest BCUT2D eigenvalue weighted by molar-refractivity contribution is 0.218. The number of fused-ring (bicyclic) bond motifs is 2. The monoisotopic (exact) mass is 397 g/mol. The number of hydrogen-bond donors (Lipinski definition) is 2. The van der Waals surface area contributed by atoms with Crippen molar-refractivity contribution >= 4 is 34.2 Å². The van der Waals surface area contributed by atoms with Gasteiger partial charge in [-0.15, -0.1) is 0 Å². The lowest BCUT2D eigenvalue weighted by atomic mass is 10.2. The first kappa shape index (κ1) is 18.8. The lowest BCUT2D eigenvalue weighted by Gasteiger charge is -2.19. The number of hydrogen-bond acceptors (Lipinski definition) is 6. The molecule has 0 bridgehead atoms. The van der Waals surface area contributed by atoms with Crippen LogP contribution >= 0.6 is 23.2 Å². The number of likely N-dealkylation sites (N-methyl/N-ethyl adjacent to an activating group) is 1. The summed E-state index contributed by atoms with van der Waals surface area (Å²) in [5.41, 5.74) is -0.306. The highest BCUT2D eigenvalue weighted by atomic mass is 35.5. The maximum Gasteiger partial charge on any atom is 0.349 e. The molecule has 0 radical (unpaired) electrons. The minimum absolute atomic E-state index is 0.0324. The minimum Gasteiger partial charge on any atom is -0.395 e. The summed E-state index contributed by atoms with van der Waals surface area (Å²) in [5, 5.41) is 9.55. The van der Waals surface area contributed by atoms with Crippen LogP contribution in [0.15, 0.2) is 21.7 Å². The number of nitrogens with one attached hydrogen (secondary N) is 1. The van der Waals surface area contributed by atoms with E-state index in [4.69, 9.17) is 28.3 Å². The molecule has 1 aromatic rings. The molecule has 0 amide bonds. The van der Waals surface area contributed by atoms with E-state index in [0.717, 1.165) is 0 Å². The van der Waals surface area contributed by atoms with Crippen LogP contribution in [0.1, 0.15) is 6.42 Å². The Morgan fingerprint density at radius 1 is 1.23 bits per heavy atom. The van der Waals surface area contributed by atoms with Crippen molar-refractivity contribution in [3.8, 4) is 11.5 Å². The SMILES string of the molecule is CN(CCO)CCCn1c2nc(=O)[nH]c(=O)c-2nc2c(Cl)c(Cl)ccc21. The van der Waals surface area contributed by atoms with Crippen molar-refractivity contribution in [3.63, 3.8) is 0 Å². The molecule has 3 rings (SSSR count). The minimum atomic E-state index is -0.727. The molecule has 1 aromatic carbocycles. The van der Waals surface area contributed by atoms with Gasteiger partial charge >= 0.3 is 5.69 Å². The van der Waals surface area contributed by atoms with E-state index < -0.39 is 11.2 Å². The van der Waals surface area contributed by atoms with E-state index in [1.165, 1.54) is 0 Å². The standard InChI is InChI=1S/C16H17Cl2N5O3/c1-22(7-8-24)5-2-6-23-10-4-3-9(17)11(18)12(10)19-13-14(23)20-16(26)21-15(13)25/h3-4,24H,2,5-8H2,1H3,(H,21,25,26). The van der Waals surface area contributed by atoms with E-state index in [1.807, 2.05) is 11.9 Å². The molecule has 2 N–H and O–H groups in total. The fourth-order valence-corrected chi connectivity index (χ4v) is 3.17. The normalized spacial score (nSPS) is 11.7. The summed E-state index contributed by atoms with van der Waals surface area (Å²) in [6, 6.07) is 3.38. The summed E-state index contributed by atoms with van der Waals surface area (Å²) in [7, 11) is 1.90. The predicted octanol–water partition coefficient (Wildman–Crippen LogP) is 1.21. The highest BCUT2D eigenvalue weighted by Crippen LogP contribution is 2.31. The molecule has 0 fully saturated rings. The third kappa shape index (κ3) is 3.59. The summed E-state index contributed by atoms with van der Waals surface area (Å²) in [6.07, 6.45) is 0.707. The number of halogens is 2. The van der Waals surface area contributed by atoms with Crippen LogP contribution in [-0.2, 0) is 6.54 Å². The Bertz CT molecular complexity index is 1030. The van der Waals surface area contributed by atoms with Gasteiger partial charge in [0.25, 0.3) is 5.56 Å². The van der Waals surface area contributed by atoms with Gasteiger partial charge in [-0.1, -0.05) is 23.2 Å². The molecule has 10 heteroatoms. The molecule has 2 aliphatic rings. The molecule has 0 aromatic heterocycles. The van der Waals surface area contributed by atoms with Crippen LogP contribution in [0, 0.1) is 0 Å². The Kier molecular flexibility index (Phi) is 5.57. The van der Waals surface area contributed by atoms with E-state index in [0.29, 0.717) is 42.1 Å². The molecule has 0 saturated heterocycles. The van der Waals surface area contributed by atoms with Crippen LogP contribution in [0.25, 0.3) is 22.6 Å². The van der Waals surface area contributed by atoms with Crippen molar-refractivity contribution in [3.05, 3.63) is 43.0 Å². The zero-order valence-corrected chi connectivity index (χ0v) is 15.5. The number of rotatable bonds is 6. The molecule has 138 valence electrons. The zero-order valence-electron chi connectivity index (χ0n) is 14.0. The first-order chi connectivity index (χ1) is 12.4. The first-order valence-electron chi connectivity index (χ1n) is 8.00. The fourth-order valence-electron chi connectivity index (χ4n) is 2.81. The molecule has 0 unspecified atom stereocenters. The second-order valence-electron chi connectivity index (χ2n) is 5.92. The molecular formula is C16H17Cl2N5O3. The van der Waals surface area contributed by atoms with E-state index in [9.17, 15) is 9.59 Å². The maximum absolute atomic E-state index is 12.2. The van der Waals surface area contributed by atoms with Crippen LogP contribution in [0.3, 0.4) is 0 Å². The third-order valence-corrected chi connectivity index (χ3v) is 4.87. The number of aliphatic hydroxyl groups excluding tert-OH is 1. The Balaban J connectivity index is 2.15. The van der Waals surface area contributed by atoms with Crippen molar-refractivity contribution in [2.24, 2.45) is 0 Å². The van der Waals surface area contributed by atoms with Gasteiger partial charge in [0.05, 0.1) is 22.2 Å². The van der Waals surface area contributed by atoms with Crippen LogP contribution in [0.5, 0.6) is 0 Å². The molecule has 0 spiro atoms. The Morgan fingerprint density at radius 2 is 2.00 bits per heavy atom. The van der Waals surface area contributed by atoms with Crippen molar-refractivity contribution in [1.29, 1.82) is 0 Å². The quantitative estimate of drug-likeness (QED) is 0.605. The number of aliphatic hydroxyl groups is 1. The van der Waals surface area contributed by atoms with Gasteiger partial charge in [0.2, 0.25) is 0 Å². The molecule has 26 heavy (non-hydrogen) atoms. The summed E-state index contributed by atoms with van der Waals surface area (Å²) in [6.45, 7) is 1.84. The van der Waals surface area contributed by atoms with Gasteiger partial charge in [-0.2, -0.15) is 4.98 Å². The van der Waals surface area contributed by atoms with Gasteiger partial charge in [-0.05, 0) is 32.1 Å². The van der Waals surface area contributed by atoms with Crippen LogP contribution in [-0.4, -0.2) is 56.3 Å². The molecular weight excluding hydrogens is 381 g/mol. The van der Waals surface area contributed by atoms with E-state index >= 15 is 0 Å². The zero-order chi connectivity index (χ0) is 18.8. The predicted molar refractivity (Wildman–Crippen MR) is 100 cm³/mol.